The molecule has 0 radical (unpaired) electrons. The first-order valence-corrected chi connectivity index (χ1v) is 6.27. The van der Waals surface area contributed by atoms with Gasteiger partial charge in [0.1, 0.15) is 5.60 Å². The van der Waals surface area contributed by atoms with Crippen molar-refractivity contribution < 1.29 is 14.6 Å². The van der Waals surface area contributed by atoms with Gasteiger partial charge in [0.2, 0.25) is 0 Å². The maximum Gasteiger partial charge on any atom is 0.338 e. The lowest BCUT2D eigenvalue weighted by molar-refractivity contribution is 0.00695. The SMILES string of the molecule is C[C@@H](CCO)c1ccc(C(=O)OC(C)(C)C)cc1. The number of ether oxygens (including phenoxy) is 1. The molecule has 3 nitrogen and oxygen atoms in total. The molecule has 0 saturated heterocycles. The fraction of sp³-hybridized carbons (Fsp3) is 0.533. The largest absolute Gasteiger partial charge is 0.456 e. The van der Waals surface area contributed by atoms with E-state index >= 15 is 0 Å². The Morgan fingerprint density at radius 1 is 1.28 bits per heavy atom. The fourth-order valence-corrected chi connectivity index (χ4v) is 1.65. The van der Waals surface area contributed by atoms with Crippen LogP contribution in [0.5, 0.6) is 0 Å². The maximum absolute atomic E-state index is 11.8. The fourth-order valence-electron chi connectivity index (χ4n) is 1.65. The molecule has 0 spiro atoms. The number of hydrogen-bond acceptors (Lipinski definition) is 3. The van der Waals surface area contributed by atoms with E-state index in [9.17, 15) is 4.79 Å². The quantitative estimate of drug-likeness (QED) is 0.835. The third-order valence-corrected chi connectivity index (χ3v) is 2.68. The Morgan fingerprint density at radius 2 is 1.83 bits per heavy atom. The summed E-state index contributed by atoms with van der Waals surface area (Å²) in [4.78, 5) is 11.8. The first-order valence-electron chi connectivity index (χ1n) is 6.27. The molecule has 0 aromatic heterocycles. The molecule has 0 amide bonds. The monoisotopic (exact) mass is 250 g/mol. The highest BCUT2D eigenvalue weighted by Gasteiger charge is 2.17. The molecule has 0 aliphatic heterocycles. The number of benzene rings is 1. The third kappa shape index (κ3) is 4.49. The summed E-state index contributed by atoms with van der Waals surface area (Å²) in [6.07, 6.45) is 0.728. The van der Waals surface area contributed by atoms with Gasteiger partial charge in [0.25, 0.3) is 0 Å². The Hall–Kier alpha value is -1.35. The lowest BCUT2D eigenvalue weighted by Crippen LogP contribution is -2.23. The van der Waals surface area contributed by atoms with Crippen molar-refractivity contribution in [2.75, 3.05) is 6.61 Å². The van der Waals surface area contributed by atoms with Crippen molar-refractivity contribution in [1.29, 1.82) is 0 Å². The van der Waals surface area contributed by atoms with E-state index in [2.05, 4.69) is 6.92 Å². The Bertz CT molecular complexity index is 387. The molecule has 1 aromatic rings. The van der Waals surface area contributed by atoms with Crippen LogP contribution in [0.1, 0.15) is 56.0 Å². The summed E-state index contributed by atoms with van der Waals surface area (Å²) >= 11 is 0. The smallest absolute Gasteiger partial charge is 0.338 e. The molecule has 0 heterocycles. The van der Waals surface area contributed by atoms with E-state index in [1.54, 1.807) is 12.1 Å². The summed E-state index contributed by atoms with van der Waals surface area (Å²) in [5, 5.41) is 8.89. The third-order valence-electron chi connectivity index (χ3n) is 2.68. The van der Waals surface area contributed by atoms with Gasteiger partial charge in [-0.3, -0.25) is 0 Å². The molecule has 3 heteroatoms. The molecule has 100 valence electrons. The summed E-state index contributed by atoms with van der Waals surface area (Å²) in [5.74, 6) is -0.00783. The Labute approximate surface area is 109 Å². The second-order valence-corrected chi connectivity index (χ2v) is 5.54. The van der Waals surface area contributed by atoms with E-state index in [1.165, 1.54) is 0 Å². The molecule has 1 N–H and O–H groups in total. The van der Waals surface area contributed by atoms with Crippen LogP contribution in [0.15, 0.2) is 24.3 Å². The Morgan fingerprint density at radius 3 is 2.28 bits per heavy atom. The van der Waals surface area contributed by atoms with Gasteiger partial charge in [0.15, 0.2) is 0 Å². The van der Waals surface area contributed by atoms with Gasteiger partial charge in [-0.05, 0) is 50.8 Å². The predicted molar refractivity (Wildman–Crippen MR) is 71.7 cm³/mol. The van der Waals surface area contributed by atoms with E-state index in [-0.39, 0.29) is 12.6 Å². The average molecular weight is 250 g/mol. The topological polar surface area (TPSA) is 46.5 Å². The molecule has 0 unspecified atom stereocenters. The van der Waals surface area contributed by atoms with Crippen LogP contribution >= 0.6 is 0 Å². The number of hydrogen-bond donors (Lipinski definition) is 1. The molecule has 1 rings (SSSR count). The lowest BCUT2D eigenvalue weighted by atomic mass is 9.97. The minimum absolute atomic E-state index is 0.176. The zero-order chi connectivity index (χ0) is 13.8. The summed E-state index contributed by atoms with van der Waals surface area (Å²) in [6.45, 7) is 7.78. The van der Waals surface area contributed by atoms with Crippen LogP contribution in [0, 0.1) is 0 Å². The number of aliphatic hydroxyl groups excluding tert-OH is 1. The van der Waals surface area contributed by atoms with Gasteiger partial charge in [-0.2, -0.15) is 0 Å². The minimum Gasteiger partial charge on any atom is -0.456 e. The molecule has 0 aliphatic carbocycles. The van der Waals surface area contributed by atoms with Crippen LogP contribution in [-0.2, 0) is 4.74 Å². The standard InChI is InChI=1S/C15H22O3/c1-11(9-10-16)12-5-7-13(8-6-12)14(17)18-15(2,3)4/h5-8,11,16H,9-10H2,1-4H3/t11-/m0/s1. The summed E-state index contributed by atoms with van der Waals surface area (Å²) in [7, 11) is 0. The van der Waals surface area contributed by atoms with Crippen LogP contribution < -0.4 is 0 Å². The van der Waals surface area contributed by atoms with Crippen molar-refractivity contribution in [2.45, 2.75) is 45.6 Å². The highest BCUT2D eigenvalue weighted by atomic mass is 16.6. The van der Waals surface area contributed by atoms with Crippen molar-refractivity contribution in [3.8, 4) is 0 Å². The highest BCUT2D eigenvalue weighted by Crippen LogP contribution is 2.20. The number of aliphatic hydroxyl groups is 1. The number of esters is 1. The predicted octanol–water partition coefficient (Wildman–Crippen LogP) is 3.13. The van der Waals surface area contributed by atoms with Gasteiger partial charge >= 0.3 is 5.97 Å². The minimum atomic E-state index is -0.472. The highest BCUT2D eigenvalue weighted by molar-refractivity contribution is 5.89. The Kier molecular flexibility index (Phi) is 4.91. The molecule has 0 aliphatic rings. The van der Waals surface area contributed by atoms with Gasteiger partial charge in [-0.15, -0.1) is 0 Å². The van der Waals surface area contributed by atoms with Crippen molar-refractivity contribution in [2.24, 2.45) is 0 Å². The van der Waals surface area contributed by atoms with Gasteiger partial charge in [-0.1, -0.05) is 19.1 Å². The number of carbonyl (C=O) groups is 1. The van der Waals surface area contributed by atoms with Gasteiger partial charge in [0, 0.05) is 6.61 Å². The average Bonchev–Trinajstić information content (AvgIpc) is 2.27. The lowest BCUT2D eigenvalue weighted by Gasteiger charge is -2.19. The summed E-state index contributed by atoms with van der Waals surface area (Å²) in [6, 6.07) is 7.38. The molecule has 0 bridgehead atoms. The molecule has 0 fully saturated rings. The van der Waals surface area contributed by atoms with Gasteiger partial charge in [0.05, 0.1) is 5.56 Å². The Balaban J connectivity index is 2.74. The summed E-state index contributed by atoms with van der Waals surface area (Å²) < 4.78 is 5.29. The number of rotatable bonds is 4. The normalized spacial score (nSPS) is 13.2. The molecule has 1 atom stereocenters. The summed E-state index contributed by atoms with van der Waals surface area (Å²) in [5.41, 5.74) is 1.21. The first kappa shape index (κ1) is 14.7. The van der Waals surface area contributed by atoms with E-state index < -0.39 is 5.60 Å². The van der Waals surface area contributed by atoms with Gasteiger partial charge in [-0.25, -0.2) is 4.79 Å². The first-order chi connectivity index (χ1) is 8.33. The van der Waals surface area contributed by atoms with Crippen molar-refractivity contribution in [1.82, 2.24) is 0 Å². The molecular formula is C15H22O3. The molecule has 1 aromatic carbocycles. The van der Waals surface area contributed by atoms with Crippen molar-refractivity contribution >= 4 is 5.97 Å². The van der Waals surface area contributed by atoms with Crippen LogP contribution in [0.2, 0.25) is 0 Å². The van der Waals surface area contributed by atoms with E-state index in [0.29, 0.717) is 11.5 Å². The maximum atomic E-state index is 11.8. The van der Waals surface area contributed by atoms with Crippen LogP contribution in [0.25, 0.3) is 0 Å². The van der Waals surface area contributed by atoms with E-state index in [1.807, 2.05) is 32.9 Å². The van der Waals surface area contributed by atoms with E-state index in [0.717, 1.165) is 12.0 Å². The van der Waals surface area contributed by atoms with Crippen molar-refractivity contribution in [3.63, 3.8) is 0 Å². The second kappa shape index (κ2) is 6.01. The van der Waals surface area contributed by atoms with Crippen LogP contribution in [-0.4, -0.2) is 23.3 Å². The van der Waals surface area contributed by atoms with E-state index in [4.69, 9.17) is 9.84 Å². The molecule has 0 saturated carbocycles. The van der Waals surface area contributed by atoms with Crippen LogP contribution in [0.3, 0.4) is 0 Å². The number of carbonyl (C=O) groups excluding carboxylic acids is 1. The van der Waals surface area contributed by atoms with Gasteiger partial charge < -0.3 is 9.84 Å². The molecule has 18 heavy (non-hydrogen) atoms. The zero-order valence-electron chi connectivity index (χ0n) is 11.6. The molecular weight excluding hydrogens is 228 g/mol. The van der Waals surface area contributed by atoms with Crippen LogP contribution in [0.4, 0.5) is 0 Å². The second-order valence-electron chi connectivity index (χ2n) is 5.54. The van der Waals surface area contributed by atoms with Crippen molar-refractivity contribution in [3.05, 3.63) is 35.4 Å². The zero-order valence-corrected chi connectivity index (χ0v) is 11.6.